The molecule has 220 valence electrons. The van der Waals surface area contributed by atoms with Crippen molar-refractivity contribution in [1.82, 2.24) is 0 Å². The molecule has 0 aromatic heterocycles. The van der Waals surface area contributed by atoms with E-state index in [4.69, 9.17) is 9.05 Å². The summed E-state index contributed by atoms with van der Waals surface area (Å²) in [4.78, 5) is 0. The van der Waals surface area contributed by atoms with Gasteiger partial charge in [-0.3, -0.25) is 4.57 Å². The average molecular weight is 558 g/mol. The fourth-order valence-electron chi connectivity index (χ4n) is 4.41. The van der Waals surface area contributed by atoms with Crippen molar-refractivity contribution in [1.29, 1.82) is 0 Å². The van der Waals surface area contributed by atoms with Crippen LogP contribution in [0.2, 0.25) is 0 Å². The zero-order valence-electron chi connectivity index (χ0n) is 24.3. The molecule has 0 aromatic carbocycles. The van der Waals surface area contributed by atoms with Crippen molar-refractivity contribution in [2.24, 2.45) is 0 Å². The molecule has 7 nitrogen and oxygen atoms in total. The highest BCUT2D eigenvalue weighted by Gasteiger charge is 2.17. The van der Waals surface area contributed by atoms with Gasteiger partial charge in [-0.25, -0.2) is 8.42 Å². The van der Waals surface area contributed by atoms with Crippen LogP contribution in [0.4, 0.5) is 0 Å². The van der Waals surface area contributed by atoms with Crippen LogP contribution in [-0.2, 0) is 23.4 Å². The van der Waals surface area contributed by atoms with Gasteiger partial charge in [0.15, 0.2) is 0 Å². The normalized spacial score (nSPS) is 13.9. The Kier molecular flexibility index (Phi) is 25.5. The Balaban J connectivity index is 0. The lowest BCUT2D eigenvalue weighted by molar-refractivity contribution is -0.873. The molecule has 0 bridgehead atoms. The van der Waals surface area contributed by atoms with Gasteiger partial charge in [0.1, 0.15) is 22.5 Å². The lowest BCUT2D eigenvalue weighted by Gasteiger charge is -2.27. The van der Waals surface area contributed by atoms with E-state index in [9.17, 15) is 13.0 Å². The summed E-state index contributed by atoms with van der Waals surface area (Å²) in [6.45, 7) is 5.03. The zero-order chi connectivity index (χ0) is 26.4. The van der Waals surface area contributed by atoms with Crippen molar-refractivity contribution in [2.75, 3.05) is 45.8 Å². The standard InChI is InChI=1S/C27H59NO5PS.H2O/c1-6-7-8-9-10-11-12-13-14-15-16-17-18-19-20-21-24-35(30,31)25-22-23-32-34(29)33-27(2)26-28(3,4)5;/h27,34H,6-26H2,1-5H3;1H2/q+1;/p-1. The van der Waals surface area contributed by atoms with E-state index in [2.05, 4.69) is 6.92 Å². The molecule has 9 heteroatoms. The summed E-state index contributed by atoms with van der Waals surface area (Å²) in [6, 6.07) is 0. The minimum atomic E-state index is -3.06. The first-order valence-corrected chi connectivity index (χ1v) is 17.4. The largest absolute Gasteiger partial charge is 0.870 e. The summed E-state index contributed by atoms with van der Waals surface area (Å²) >= 11 is 0. The number of likely N-dealkylation sites (N-methyl/N-ethyl adjacent to an activating group) is 1. The molecular formula is C27H60NO6PS. The Morgan fingerprint density at radius 1 is 0.694 bits per heavy atom. The Hall–Kier alpha value is 0.0200. The van der Waals surface area contributed by atoms with Gasteiger partial charge in [0.05, 0.1) is 39.3 Å². The molecule has 0 radical (unpaired) electrons. The second-order valence-corrected chi connectivity index (χ2v) is 14.6. The molecule has 0 saturated heterocycles. The maximum Gasteiger partial charge on any atom is 0.319 e. The molecule has 0 amide bonds. The third-order valence-corrected chi connectivity index (χ3v) is 9.09. The van der Waals surface area contributed by atoms with E-state index in [-0.39, 0.29) is 29.7 Å². The SMILES string of the molecule is CCCCCCCCCCCCCCCCCCS(=O)(=O)CCCO[PH](=O)OC(C)C[N+](C)(C)C.[OH-]. The zero-order valence-corrected chi connectivity index (χ0v) is 26.1. The molecular weight excluding hydrogens is 497 g/mol. The molecule has 0 aromatic rings. The summed E-state index contributed by atoms with van der Waals surface area (Å²) in [6.07, 6.45) is 20.7. The Labute approximate surface area is 224 Å². The number of quaternary nitrogens is 1. The van der Waals surface area contributed by atoms with Gasteiger partial charge in [-0.2, -0.15) is 0 Å². The molecule has 0 fully saturated rings. The van der Waals surface area contributed by atoms with Gasteiger partial charge < -0.3 is 19.0 Å². The highest BCUT2D eigenvalue weighted by atomic mass is 32.2. The first-order valence-electron chi connectivity index (χ1n) is 14.4. The smallest absolute Gasteiger partial charge is 0.319 e. The van der Waals surface area contributed by atoms with Gasteiger partial charge in [-0.15, -0.1) is 0 Å². The van der Waals surface area contributed by atoms with E-state index in [0.717, 1.165) is 25.8 Å². The van der Waals surface area contributed by atoms with Crippen LogP contribution in [-0.4, -0.2) is 70.3 Å². The van der Waals surface area contributed by atoms with E-state index < -0.39 is 18.1 Å². The Morgan fingerprint density at radius 3 is 1.50 bits per heavy atom. The third-order valence-electron chi connectivity index (χ3n) is 6.23. The van der Waals surface area contributed by atoms with Gasteiger partial charge in [0.2, 0.25) is 0 Å². The fourth-order valence-corrected chi connectivity index (χ4v) is 6.60. The number of hydrogen-bond acceptors (Lipinski definition) is 6. The summed E-state index contributed by atoms with van der Waals surface area (Å²) in [7, 11) is 0.495. The monoisotopic (exact) mass is 557 g/mol. The molecule has 0 aliphatic carbocycles. The topological polar surface area (TPSA) is 99.7 Å². The van der Waals surface area contributed by atoms with Gasteiger partial charge in [0, 0.05) is 0 Å². The van der Waals surface area contributed by atoms with Crippen LogP contribution in [0.25, 0.3) is 0 Å². The molecule has 0 aliphatic heterocycles. The van der Waals surface area contributed by atoms with Crippen LogP contribution in [0.15, 0.2) is 0 Å². The Bertz CT molecular complexity index is 610. The summed E-state index contributed by atoms with van der Waals surface area (Å²) < 4.78 is 47.6. The molecule has 0 rings (SSSR count). The maximum absolute atomic E-state index is 12.2. The molecule has 2 unspecified atom stereocenters. The van der Waals surface area contributed by atoms with Gasteiger partial charge in [-0.1, -0.05) is 103 Å². The second kappa shape index (κ2) is 24.1. The summed E-state index contributed by atoms with van der Waals surface area (Å²) in [5, 5.41) is 0. The molecule has 0 saturated carbocycles. The number of sulfone groups is 1. The van der Waals surface area contributed by atoms with Gasteiger partial charge in [-0.05, 0) is 19.8 Å². The second-order valence-electron chi connectivity index (χ2n) is 11.3. The van der Waals surface area contributed by atoms with Crippen molar-refractivity contribution in [3.05, 3.63) is 0 Å². The van der Waals surface area contributed by atoms with Crippen LogP contribution in [0.3, 0.4) is 0 Å². The molecule has 36 heavy (non-hydrogen) atoms. The van der Waals surface area contributed by atoms with E-state index >= 15 is 0 Å². The van der Waals surface area contributed by atoms with Crippen LogP contribution < -0.4 is 0 Å². The van der Waals surface area contributed by atoms with Crippen LogP contribution >= 0.6 is 8.25 Å². The summed E-state index contributed by atoms with van der Waals surface area (Å²) in [5.74, 6) is 0.340. The Morgan fingerprint density at radius 2 is 1.08 bits per heavy atom. The van der Waals surface area contributed by atoms with E-state index in [1.165, 1.54) is 83.5 Å². The molecule has 0 aliphatic rings. The molecule has 2 atom stereocenters. The van der Waals surface area contributed by atoms with Crippen LogP contribution in [0, 0.1) is 0 Å². The van der Waals surface area contributed by atoms with Crippen molar-refractivity contribution in [2.45, 2.75) is 129 Å². The van der Waals surface area contributed by atoms with Crippen molar-refractivity contribution in [3.8, 4) is 0 Å². The van der Waals surface area contributed by atoms with Crippen molar-refractivity contribution >= 4 is 18.1 Å². The van der Waals surface area contributed by atoms with Crippen molar-refractivity contribution < 1.29 is 32.0 Å². The number of nitrogens with zero attached hydrogens (tertiary/aromatic N) is 1. The number of rotatable bonds is 26. The highest BCUT2D eigenvalue weighted by Crippen LogP contribution is 2.26. The highest BCUT2D eigenvalue weighted by molar-refractivity contribution is 7.91. The minimum Gasteiger partial charge on any atom is -0.870 e. The van der Waals surface area contributed by atoms with Gasteiger partial charge in [0.25, 0.3) is 0 Å². The fraction of sp³-hybridized carbons (Fsp3) is 1.00. The predicted molar refractivity (Wildman–Crippen MR) is 153 cm³/mol. The first-order chi connectivity index (χ1) is 16.6. The quantitative estimate of drug-likeness (QED) is 0.0624. The number of unbranched alkanes of at least 4 members (excludes halogenated alkanes) is 15. The van der Waals surface area contributed by atoms with E-state index in [1.54, 1.807) is 0 Å². The van der Waals surface area contributed by atoms with Crippen molar-refractivity contribution in [3.63, 3.8) is 0 Å². The number of hydrogen-bond donors (Lipinski definition) is 0. The lowest BCUT2D eigenvalue weighted by Crippen LogP contribution is -2.40. The average Bonchev–Trinajstić information content (AvgIpc) is 2.75. The predicted octanol–water partition coefficient (Wildman–Crippen LogP) is 7.39. The van der Waals surface area contributed by atoms with E-state index in [0.29, 0.717) is 10.9 Å². The van der Waals surface area contributed by atoms with E-state index in [1.807, 2.05) is 28.1 Å². The molecule has 0 heterocycles. The molecule has 1 N–H and O–H groups in total. The summed E-state index contributed by atoms with van der Waals surface area (Å²) in [5.41, 5.74) is 0. The van der Waals surface area contributed by atoms with Crippen LogP contribution in [0.5, 0.6) is 0 Å². The van der Waals surface area contributed by atoms with Crippen LogP contribution in [0.1, 0.15) is 123 Å². The third kappa shape index (κ3) is 28.6. The first kappa shape index (κ1) is 38.2. The molecule has 0 spiro atoms. The lowest BCUT2D eigenvalue weighted by atomic mass is 10.0. The maximum atomic E-state index is 12.2. The minimum absolute atomic E-state index is 0. The van der Waals surface area contributed by atoms with Gasteiger partial charge >= 0.3 is 8.25 Å².